The molecule has 4 rings (SSSR count). The molecule has 1 aromatic heterocycles. The van der Waals surface area contributed by atoms with Gasteiger partial charge in [0.2, 0.25) is 5.91 Å². The zero-order chi connectivity index (χ0) is 24.4. The Morgan fingerprint density at radius 1 is 1.12 bits per heavy atom. The summed E-state index contributed by atoms with van der Waals surface area (Å²) in [6.45, 7) is 4.35. The van der Waals surface area contributed by atoms with E-state index in [2.05, 4.69) is 0 Å². The predicted molar refractivity (Wildman–Crippen MR) is 124 cm³/mol. The molecule has 0 radical (unpaired) electrons. The molecule has 0 fully saturated rings. The molecule has 9 heteroatoms. The highest BCUT2D eigenvalue weighted by atomic mass is 19.1. The number of aromatic nitrogens is 1. The second kappa shape index (κ2) is 9.46. The molecule has 0 N–H and O–H groups in total. The predicted octanol–water partition coefficient (Wildman–Crippen LogP) is 4.02. The first-order chi connectivity index (χ1) is 16.3. The van der Waals surface area contributed by atoms with E-state index in [0.717, 1.165) is 5.69 Å². The van der Waals surface area contributed by atoms with Crippen LogP contribution in [-0.4, -0.2) is 50.2 Å². The van der Waals surface area contributed by atoms with E-state index in [-0.39, 0.29) is 29.7 Å². The Hall–Kier alpha value is -4.01. The van der Waals surface area contributed by atoms with Gasteiger partial charge in [-0.1, -0.05) is 18.2 Å². The zero-order valence-corrected chi connectivity index (χ0v) is 18.9. The summed E-state index contributed by atoms with van der Waals surface area (Å²) in [6.07, 6.45) is 1.93. The molecule has 8 nitrogen and oxygen atoms in total. The third-order valence-electron chi connectivity index (χ3n) is 6.02. The highest BCUT2D eigenvalue weighted by Gasteiger charge is 2.34. The van der Waals surface area contributed by atoms with Crippen LogP contribution in [0.1, 0.15) is 41.5 Å². The van der Waals surface area contributed by atoms with Gasteiger partial charge in [-0.15, -0.1) is 0 Å². The Balaban J connectivity index is 1.63. The number of carbonyl (C=O) groups is 2. The van der Waals surface area contributed by atoms with Gasteiger partial charge >= 0.3 is 0 Å². The number of rotatable bonds is 6. The maximum absolute atomic E-state index is 14.0. The van der Waals surface area contributed by atoms with E-state index in [1.54, 1.807) is 30.9 Å². The van der Waals surface area contributed by atoms with Gasteiger partial charge < -0.3 is 14.4 Å². The molecule has 176 valence electrons. The lowest BCUT2D eigenvalue weighted by atomic mass is 9.99. The van der Waals surface area contributed by atoms with E-state index < -0.39 is 22.7 Å². The molecule has 0 saturated heterocycles. The molecule has 2 aromatic carbocycles. The average molecular weight is 464 g/mol. The second-order valence-electron chi connectivity index (χ2n) is 8.51. The molecular formula is C25H25FN4O4. The van der Waals surface area contributed by atoms with Crippen LogP contribution >= 0.6 is 0 Å². The van der Waals surface area contributed by atoms with Crippen LogP contribution in [0.15, 0.2) is 66.9 Å². The van der Waals surface area contributed by atoms with Crippen LogP contribution in [0, 0.1) is 15.9 Å². The molecule has 0 aliphatic carbocycles. The van der Waals surface area contributed by atoms with Gasteiger partial charge in [-0.3, -0.25) is 19.7 Å². The largest absolute Gasteiger partial charge is 0.348 e. The van der Waals surface area contributed by atoms with Crippen molar-refractivity contribution >= 4 is 17.5 Å². The van der Waals surface area contributed by atoms with Gasteiger partial charge in [-0.25, -0.2) is 4.39 Å². The van der Waals surface area contributed by atoms with E-state index in [1.807, 2.05) is 22.9 Å². The number of nitrogens with zero attached hydrogens (tertiary/aromatic N) is 4. The highest BCUT2D eigenvalue weighted by Crippen LogP contribution is 2.33. The van der Waals surface area contributed by atoms with Crippen molar-refractivity contribution in [2.24, 2.45) is 0 Å². The van der Waals surface area contributed by atoms with Crippen molar-refractivity contribution in [1.82, 2.24) is 14.4 Å². The summed E-state index contributed by atoms with van der Waals surface area (Å²) < 4.78 is 16.1. The van der Waals surface area contributed by atoms with Gasteiger partial charge in [0.15, 0.2) is 0 Å². The van der Waals surface area contributed by atoms with Gasteiger partial charge in [0.05, 0.1) is 11.0 Å². The molecule has 1 aliphatic heterocycles. The normalized spacial score (nSPS) is 15.2. The summed E-state index contributed by atoms with van der Waals surface area (Å²) in [7, 11) is 0. The molecule has 34 heavy (non-hydrogen) atoms. The van der Waals surface area contributed by atoms with Crippen molar-refractivity contribution < 1.29 is 18.9 Å². The Morgan fingerprint density at radius 3 is 2.59 bits per heavy atom. The fourth-order valence-corrected chi connectivity index (χ4v) is 4.32. The summed E-state index contributed by atoms with van der Waals surface area (Å²) in [4.78, 5) is 40.4. The van der Waals surface area contributed by atoms with E-state index in [0.29, 0.717) is 18.7 Å². The second-order valence-corrected chi connectivity index (χ2v) is 8.51. The Morgan fingerprint density at radius 2 is 1.88 bits per heavy atom. The van der Waals surface area contributed by atoms with Crippen molar-refractivity contribution in [3.05, 3.63) is 99.6 Å². The fraction of sp³-hybridized carbons (Fsp3) is 0.280. The van der Waals surface area contributed by atoms with E-state index in [1.165, 1.54) is 41.3 Å². The van der Waals surface area contributed by atoms with Crippen LogP contribution in [0.3, 0.4) is 0 Å². The number of nitro groups is 1. The first-order valence-electron chi connectivity index (χ1n) is 11.0. The molecule has 0 spiro atoms. The minimum atomic E-state index is -0.561. The Labute approximate surface area is 196 Å². The molecule has 1 atom stereocenters. The summed E-state index contributed by atoms with van der Waals surface area (Å²) in [5, 5.41) is 11.1. The lowest BCUT2D eigenvalue weighted by molar-refractivity contribution is -0.384. The third-order valence-corrected chi connectivity index (χ3v) is 6.02. The van der Waals surface area contributed by atoms with Gasteiger partial charge in [-0.2, -0.15) is 0 Å². The van der Waals surface area contributed by atoms with Crippen LogP contribution < -0.4 is 0 Å². The van der Waals surface area contributed by atoms with Crippen LogP contribution in [-0.2, 0) is 11.3 Å². The molecule has 3 aromatic rings. The Bertz CT molecular complexity index is 1240. The van der Waals surface area contributed by atoms with Crippen molar-refractivity contribution in [2.75, 3.05) is 13.1 Å². The van der Waals surface area contributed by atoms with Crippen LogP contribution in [0.25, 0.3) is 0 Å². The average Bonchev–Trinajstić information content (AvgIpc) is 3.30. The summed E-state index contributed by atoms with van der Waals surface area (Å²) in [5.74, 6) is -1.14. The first-order valence-corrected chi connectivity index (χ1v) is 11.0. The standard InChI is InChI=1S/C25H25FN4O4/c1-17(2)29(25(32)19-7-4-9-21(15-19)30(33)34)16-23(31)28-13-12-27-11-5-10-22(27)24(28)18-6-3-8-20(26)14-18/h3-11,14-15,17,24H,12-13,16H2,1-2H3. The van der Waals surface area contributed by atoms with Gasteiger partial charge in [0, 0.05) is 48.7 Å². The zero-order valence-electron chi connectivity index (χ0n) is 18.9. The monoisotopic (exact) mass is 464 g/mol. The molecule has 1 unspecified atom stereocenters. The topological polar surface area (TPSA) is 88.7 Å². The SMILES string of the molecule is CC(C)N(CC(=O)N1CCn2cccc2C1c1cccc(F)c1)C(=O)c1cccc([N+](=O)[O-])c1. The number of nitro benzene ring substituents is 1. The van der Waals surface area contributed by atoms with E-state index >= 15 is 0 Å². The molecule has 0 saturated carbocycles. The molecule has 2 amide bonds. The number of fused-ring (bicyclic) bond motifs is 1. The number of hydrogen-bond acceptors (Lipinski definition) is 4. The number of carbonyl (C=O) groups excluding carboxylic acids is 2. The number of hydrogen-bond donors (Lipinski definition) is 0. The number of halogens is 1. The summed E-state index contributed by atoms with van der Waals surface area (Å²) >= 11 is 0. The third kappa shape index (κ3) is 4.54. The number of amides is 2. The van der Waals surface area contributed by atoms with Crippen LogP contribution in [0.2, 0.25) is 0 Å². The van der Waals surface area contributed by atoms with Gasteiger partial charge in [0.25, 0.3) is 11.6 Å². The highest BCUT2D eigenvalue weighted by molar-refractivity contribution is 5.97. The Kier molecular flexibility index (Phi) is 6.45. The lowest BCUT2D eigenvalue weighted by Gasteiger charge is -2.39. The minimum Gasteiger partial charge on any atom is -0.348 e. The molecule has 2 heterocycles. The fourth-order valence-electron chi connectivity index (χ4n) is 4.32. The van der Waals surface area contributed by atoms with Crippen LogP contribution in [0.4, 0.5) is 10.1 Å². The van der Waals surface area contributed by atoms with Gasteiger partial charge in [-0.05, 0) is 49.7 Å². The van der Waals surface area contributed by atoms with Crippen molar-refractivity contribution in [3.63, 3.8) is 0 Å². The van der Waals surface area contributed by atoms with E-state index in [9.17, 15) is 24.1 Å². The summed E-state index contributed by atoms with van der Waals surface area (Å²) in [6, 6.07) is 14.6. The van der Waals surface area contributed by atoms with Crippen molar-refractivity contribution in [1.29, 1.82) is 0 Å². The number of non-ortho nitro benzene ring substituents is 1. The number of benzene rings is 2. The maximum atomic E-state index is 14.0. The molecular weight excluding hydrogens is 439 g/mol. The summed E-state index contributed by atoms with van der Waals surface area (Å²) in [5.41, 5.74) is 1.47. The minimum absolute atomic E-state index is 0.143. The first kappa shape index (κ1) is 23.2. The quantitative estimate of drug-likeness (QED) is 0.407. The van der Waals surface area contributed by atoms with E-state index in [4.69, 9.17) is 0 Å². The van der Waals surface area contributed by atoms with Crippen LogP contribution in [0.5, 0.6) is 0 Å². The maximum Gasteiger partial charge on any atom is 0.270 e. The smallest absolute Gasteiger partial charge is 0.270 e. The van der Waals surface area contributed by atoms with Gasteiger partial charge in [0.1, 0.15) is 12.4 Å². The van der Waals surface area contributed by atoms with Crippen molar-refractivity contribution in [2.45, 2.75) is 32.5 Å². The molecule has 0 bridgehead atoms. The molecule has 1 aliphatic rings. The van der Waals surface area contributed by atoms with Crippen molar-refractivity contribution in [3.8, 4) is 0 Å². The lowest BCUT2D eigenvalue weighted by Crippen LogP contribution is -2.49.